The quantitative estimate of drug-likeness (QED) is 0.682. The van der Waals surface area contributed by atoms with Gasteiger partial charge in [-0.2, -0.15) is 0 Å². The van der Waals surface area contributed by atoms with Crippen LogP contribution in [0.15, 0.2) is 54.6 Å². The number of halogens is 1. The number of methoxy groups -OCH3 is 1. The number of hydrogen-bond donors (Lipinski definition) is 0. The average molecular weight is 298 g/mol. The molecule has 0 aliphatic carbocycles. The summed E-state index contributed by atoms with van der Waals surface area (Å²) in [6, 6.07) is 16.0. The van der Waals surface area contributed by atoms with Crippen LogP contribution in [-0.2, 0) is 0 Å². The van der Waals surface area contributed by atoms with E-state index in [0.717, 1.165) is 10.9 Å². The van der Waals surface area contributed by atoms with Gasteiger partial charge in [-0.3, -0.25) is 4.79 Å². The fourth-order valence-corrected chi connectivity index (χ4v) is 2.42. The van der Waals surface area contributed by atoms with Crippen LogP contribution in [0.1, 0.15) is 15.9 Å². The summed E-state index contributed by atoms with van der Waals surface area (Å²) in [5.41, 5.74) is 1.82. The lowest BCUT2D eigenvalue weighted by Crippen LogP contribution is -2.04. The minimum atomic E-state index is -0.102. The molecule has 4 heteroatoms. The Morgan fingerprint density at radius 3 is 2.67 bits per heavy atom. The average Bonchev–Trinajstić information content (AvgIpc) is 2.53. The van der Waals surface area contributed by atoms with E-state index in [9.17, 15) is 4.79 Å². The Labute approximate surface area is 127 Å². The number of nitrogens with zero attached hydrogens (tertiary/aromatic N) is 1. The van der Waals surface area contributed by atoms with Crippen molar-refractivity contribution in [2.45, 2.75) is 0 Å². The molecule has 3 nitrogen and oxygen atoms in total. The molecule has 0 N–H and O–H groups in total. The van der Waals surface area contributed by atoms with Gasteiger partial charge in [-0.1, -0.05) is 41.9 Å². The first-order chi connectivity index (χ1) is 10.2. The summed E-state index contributed by atoms with van der Waals surface area (Å²) in [6.07, 6.45) is 0. The smallest absolute Gasteiger partial charge is 0.214 e. The van der Waals surface area contributed by atoms with E-state index in [4.69, 9.17) is 16.3 Å². The zero-order valence-electron chi connectivity index (χ0n) is 11.3. The number of aromatic nitrogens is 1. The van der Waals surface area contributed by atoms with Crippen LogP contribution in [0, 0.1) is 0 Å². The Morgan fingerprint density at radius 2 is 1.90 bits per heavy atom. The second-order valence-corrected chi connectivity index (χ2v) is 5.01. The molecule has 0 saturated carbocycles. The van der Waals surface area contributed by atoms with Gasteiger partial charge in [-0.25, -0.2) is 4.98 Å². The van der Waals surface area contributed by atoms with Crippen LogP contribution in [0.25, 0.3) is 10.9 Å². The van der Waals surface area contributed by atoms with Crippen molar-refractivity contribution in [3.8, 4) is 5.88 Å². The topological polar surface area (TPSA) is 39.2 Å². The molecule has 3 rings (SSSR count). The summed E-state index contributed by atoms with van der Waals surface area (Å²) in [4.78, 5) is 17.1. The standard InChI is InChI=1S/C17H12ClNO2/c1-21-16-10-14(13-7-2-3-8-15(13)19-16)17(20)11-5-4-6-12(18)9-11/h2-10H,1H3. The van der Waals surface area contributed by atoms with Gasteiger partial charge in [0.25, 0.3) is 0 Å². The normalized spacial score (nSPS) is 10.6. The monoisotopic (exact) mass is 297 g/mol. The molecule has 0 aliphatic rings. The third-order valence-corrected chi connectivity index (χ3v) is 3.47. The highest BCUT2D eigenvalue weighted by Gasteiger charge is 2.15. The molecule has 1 aromatic heterocycles. The maximum Gasteiger partial charge on any atom is 0.214 e. The van der Waals surface area contributed by atoms with E-state index in [0.29, 0.717) is 22.0 Å². The molecule has 1 heterocycles. The maximum absolute atomic E-state index is 12.7. The van der Waals surface area contributed by atoms with Crippen molar-refractivity contribution in [1.29, 1.82) is 0 Å². The summed E-state index contributed by atoms with van der Waals surface area (Å²) >= 11 is 5.96. The molecule has 0 atom stereocenters. The first-order valence-electron chi connectivity index (χ1n) is 6.43. The van der Waals surface area contributed by atoms with Gasteiger partial charge in [0, 0.05) is 27.6 Å². The van der Waals surface area contributed by atoms with Gasteiger partial charge in [-0.15, -0.1) is 0 Å². The molecule has 3 aromatic rings. The number of hydrogen-bond acceptors (Lipinski definition) is 3. The number of carbonyl (C=O) groups excluding carboxylic acids is 1. The fraction of sp³-hybridized carbons (Fsp3) is 0.0588. The van der Waals surface area contributed by atoms with Crippen LogP contribution in [0.5, 0.6) is 5.88 Å². The maximum atomic E-state index is 12.7. The van der Waals surface area contributed by atoms with Gasteiger partial charge in [0.15, 0.2) is 5.78 Å². The van der Waals surface area contributed by atoms with E-state index in [1.54, 1.807) is 30.3 Å². The summed E-state index contributed by atoms with van der Waals surface area (Å²) in [6.45, 7) is 0. The Morgan fingerprint density at radius 1 is 1.10 bits per heavy atom. The molecule has 0 amide bonds. The lowest BCUT2D eigenvalue weighted by Gasteiger charge is -2.08. The minimum Gasteiger partial charge on any atom is -0.481 e. The highest BCUT2D eigenvalue weighted by Crippen LogP contribution is 2.25. The number of carbonyl (C=O) groups is 1. The first kappa shape index (κ1) is 13.6. The van der Waals surface area contributed by atoms with Crippen molar-refractivity contribution in [3.63, 3.8) is 0 Å². The predicted molar refractivity (Wildman–Crippen MR) is 83.2 cm³/mol. The molecule has 0 fully saturated rings. The zero-order chi connectivity index (χ0) is 14.8. The minimum absolute atomic E-state index is 0.102. The van der Waals surface area contributed by atoms with Crippen molar-refractivity contribution in [1.82, 2.24) is 4.98 Å². The van der Waals surface area contributed by atoms with E-state index in [-0.39, 0.29) is 5.78 Å². The third kappa shape index (κ3) is 2.60. The SMILES string of the molecule is COc1cc(C(=O)c2cccc(Cl)c2)c2ccccc2n1. The molecule has 2 aromatic carbocycles. The molecule has 0 bridgehead atoms. The van der Waals surface area contributed by atoms with E-state index >= 15 is 0 Å². The molecule has 0 radical (unpaired) electrons. The van der Waals surface area contributed by atoms with Gasteiger partial charge in [-0.05, 0) is 18.2 Å². The number of fused-ring (bicyclic) bond motifs is 1. The van der Waals surface area contributed by atoms with Crippen LogP contribution in [0.2, 0.25) is 5.02 Å². The van der Waals surface area contributed by atoms with Crippen molar-refractivity contribution < 1.29 is 9.53 Å². The lowest BCUT2D eigenvalue weighted by molar-refractivity contribution is 0.104. The molecule has 0 spiro atoms. The summed E-state index contributed by atoms with van der Waals surface area (Å²) in [5.74, 6) is 0.313. The molecule has 21 heavy (non-hydrogen) atoms. The second-order valence-electron chi connectivity index (χ2n) is 4.57. The highest BCUT2D eigenvalue weighted by molar-refractivity contribution is 6.31. The van der Waals surface area contributed by atoms with Gasteiger partial charge < -0.3 is 4.74 Å². The number of rotatable bonds is 3. The zero-order valence-corrected chi connectivity index (χ0v) is 12.1. The van der Waals surface area contributed by atoms with Gasteiger partial charge in [0.2, 0.25) is 5.88 Å². The van der Waals surface area contributed by atoms with E-state index in [1.165, 1.54) is 7.11 Å². The van der Waals surface area contributed by atoms with E-state index in [2.05, 4.69) is 4.98 Å². The highest BCUT2D eigenvalue weighted by atomic mass is 35.5. The Kier molecular flexibility index (Phi) is 3.59. The van der Waals surface area contributed by atoms with Crippen LogP contribution in [-0.4, -0.2) is 17.9 Å². The Balaban J connectivity index is 2.21. The number of pyridine rings is 1. The van der Waals surface area contributed by atoms with Crippen molar-refractivity contribution in [3.05, 3.63) is 70.7 Å². The molecular weight excluding hydrogens is 286 g/mol. The molecule has 104 valence electrons. The van der Waals surface area contributed by atoms with Crippen molar-refractivity contribution in [2.75, 3.05) is 7.11 Å². The van der Waals surface area contributed by atoms with Crippen molar-refractivity contribution in [2.24, 2.45) is 0 Å². The second kappa shape index (κ2) is 5.54. The van der Waals surface area contributed by atoms with Gasteiger partial charge in [0.1, 0.15) is 0 Å². The molecular formula is C17H12ClNO2. The lowest BCUT2D eigenvalue weighted by atomic mass is 10.00. The number of ether oxygens (including phenoxy) is 1. The number of para-hydroxylation sites is 1. The molecule has 0 unspecified atom stereocenters. The van der Waals surface area contributed by atoms with Crippen LogP contribution < -0.4 is 4.74 Å². The van der Waals surface area contributed by atoms with E-state index < -0.39 is 0 Å². The van der Waals surface area contributed by atoms with E-state index in [1.807, 2.05) is 24.3 Å². The molecule has 0 aliphatic heterocycles. The fourth-order valence-electron chi connectivity index (χ4n) is 2.23. The number of ketones is 1. The largest absolute Gasteiger partial charge is 0.481 e. The summed E-state index contributed by atoms with van der Waals surface area (Å²) in [5, 5.41) is 1.33. The number of benzene rings is 2. The van der Waals surface area contributed by atoms with Crippen molar-refractivity contribution >= 4 is 28.3 Å². The Bertz CT molecular complexity index is 830. The summed E-state index contributed by atoms with van der Waals surface area (Å²) < 4.78 is 5.18. The Hall–Kier alpha value is -2.39. The van der Waals surface area contributed by atoms with Gasteiger partial charge in [0.05, 0.1) is 12.6 Å². The van der Waals surface area contributed by atoms with Crippen LogP contribution >= 0.6 is 11.6 Å². The third-order valence-electron chi connectivity index (χ3n) is 3.23. The van der Waals surface area contributed by atoms with Crippen LogP contribution in [0.4, 0.5) is 0 Å². The first-order valence-corrected chi connectivity index (χ1v) is 6.81. The predicted octanol–water partition coefficient (Wildman–Crippen LogP) is 4.13. The molecule has 0 saturated heterocycles. The summed E-state index contributed by atoms with van der Waals surface area (Å²) in [7, 11) is 1.53. The van der Waals surface area contributed by atoms with Gasteiger partial charge >= 0.3 is 0 Å². The van der Waals surface area contributed by atoms with Crippen LogP contribution in [0.3, 0.4) is 0 Å².